The molecule has 1 aliphatic heterocycles. The van der Waals surface area contributed by atoms with E-state index in [1.807, 2.05) is 18.2 Å². The topological polar surface area (TPSA) is 58.3 Å². The van der Waals surface area contributed by atoms with Crippen LogP contribution in [-0.2, 0) is 19.4 Å². The van der Waals surface area contributed by atoms with Crippen LogP contribution in [0.2, 0.25) is 0 Å². The molecule has 0 saturated heterocycles. The number of nitrogens with zero attached hydrogens (tertiary/aromatic N) is 2. The van der Waals surface area contributed by atoms with Gasteiger partial charge in [0.15, 0.2) is 0 Å². The van der Waals surface area contributed by atoms with Crippen molar-refractivity contribution in [2.75, 3.05) is 6.61 Å². The van der Waals surface area contributed by atoms with Gasteiger partial charge in [-0.15, -0.1) is 0 Å². The standard InChI is InChI=1S/C15H18N2O2/c18-10-11-5-6-17-9-13(16-15(17)7-11)8-12-3-1-2-4-14(12)19/h1-4,9,11,18-19H,5-8,10H2. The quantitative estimate of drug-likeness (QED) is 0.881. The number of aliphatic hydroxyl groups excluding tert-OH is 1. The summed E-state index contributed by atoms with van der Waals surface area (Å²) >= 11 is 0. The van der Waals surface area contributed by atoms with Crippen molar-refractivity contribution in [1.29, 1.82) is 0 Å². The van der Waals surface area contributed by atoms with Crippen molar-refractivity contribution in [2.45, 2.75) is 25.8 Å². The molecule has 4 nitrogen and oxygen atoms in total. The summed E-state index contributed by atoms with van der Waals surface area (Å²) in [5.41, 5.74) is 1.88. The molecule has 100 valence electrons. The molecule has 2 heterocycles. The fourth-order valence-electron chi connectivity index (χ4n) is 2.65. The molecule has 19 heavy (non-hydrogen) atoms. The van der Waals surface area contributed by atoms with Gasteiger partial charge in [0.2, 0.25) is 0 Å². The summed E-state index contributed by atoms with van der Waals surface area (Å²) in [7, 11) is 0. The summed E-state index contributed by atoms with van der Waals surface area (Å²) in [5.74, 6) is 1.71. The predicted octanol–water partition coefficient (Wildman–Crippen LogP) is 1.73. The Morgan fingerprint density at radius 2 is 2.16 bits per heavy atom. The van der Waals surface area contributed by atoms with Crippen molar-refractivity contribution in [2.24, 2.45) is 5.92 Å². The molecule has 1 aromatic carbocycles. The van der Waals surface area contributed by atoms with Crippen LogP contribution in [-0.4, -0.2) is 26.4 Å². The first-order chi connectivity index (χ1) is 9.26. The molecule has 2 N–H and O–H groups in total. The summed E-state index contributed by atoms with van der Waals surface area (Å²) < 4.78 is 2.17. The van der Waals surface area contributed by atoms with Crippen molar-refractivity contribution >= 4 is 0 Å². The second kappa shape index (κ2) is 5.05. The molecule has 3 rings (SSSR count). The number of phenolic OH excluding ortho intramolecular Hbond substituents is 1. The number of hydrogen-bond donors (Lipinski definition) is 2. The highest BCUT2D eigenvalue weighted by atomic mass is 16.3. The zero-order valence-electron chi connectivity index (χ0n) is 10.8. The molecule has 0 radical (unpaired) electrons. The van der Waals surface area contributed by atoms with Gasteiger partial charge in [-0.25, -0.2) is 4.98 Å². The average Bonchev–Trinajstić information content (AvgIpc) is 2.82. The second-order valence-corrected chi connectivity index (χ2v) is 5.19. The molecule has 0 amide bonds. The van der Waals surface area contributed by atoms with Gasteiger partial charge in [-0.1, -0.05) is 18.2 Å². The van der Waals surface area contributed by atoms with Crippen LogP contribution in [0.4, 0.5) is 0 Å². The number of hydrogen-bond acceptors (Lipinski definition) is 3. The van der Waals surface area contributed by atoms with E-state index in [-0.39, 0.29) is 6.61 Å². The molecule has 2 aromatic rings. The zero-order valence-corrected chi connectivity index (χ0v) is 10.8. The highest BCUT2D eigenvalue weighted by Crippen LogP contribution is 2.23. The predicted molar refractivity (Wildman–Crippen MR) is 72.0 cm³/mol. The summed E-state index contributed by atoms with van der Waals surface area (Å²) in [4.78, 5) is 4.63. The molecule has 1 aromatic heterocycles. The van der Waals surface area contributed by atoms with Crippen LogP contribution in [0.15, 0.2) is 30.5 Å². The van der Waals surface area contributed by atoms with E-state index in [0.29, 0.717) is 18.1 Å². The first-order valence-corrected chi connectivity index (χ1v) is 6.69. The summed E-state index contributed by atoms with van der Waals surface area (Å²) in [6, 6.07) is 7.37. The third kappa shape index (κ3) is 2.49. The van der Waals surface area contributed by atoms with E-state index < -0.39 is 0 Å². The highest BCUT2D eigenvalue weighted by Gasteiger charge is 2.20. The van der Waals surface area contributed by atoms with Crippen molar-refractivity contribution < 1.29 is 10.2 Å². The number of aryl methyl sites for hydroxylation is 1. The van der Waals surface area contributed by atoms with Gasteiger partial charge in [-0.3, -0.25) is 0 Å². The SMILES string of the molecule is OCC1CCn2cc(Cc3ccccc3O)nc2C1. The summed E-state index contributed by atoms with van der Waals surface area (Å²) in [6.45, 7) is 1.16. The van der Waals surface area contributed by atoms with Gasteiger partial charge in [0.25, 0.3) is 0 Å². The molecule has 0 spiro atoms. The number of aromatic nitrogens is 2. The lowest BCUT2D eigenvalue weighted by molar-refractivity contribution is 0.199. The average molecular weight is 258 g/mol. The van der Waals surface area contributed by atoms with Gasteiger partial charge < -0.3 is 14.8 Å². The van der Waals surface area contributed by atoms with Gasteiger partial charge in [-0.2, -0.15) is 0 Å². The van der Waals surface area contributed by atoms with E-state index >= 15 is 0 Å². The third-order valence-electron chi connectivity index (χ3n) is 3.78. The molecule has 1 aliphatic rings. The molecular weight excluding hydrogens is 240 g/mol. The fraction of sp³-hybridized carbons (Fsp3) is 0.400. The zero-order chi connectivity index (χ0) is 13.2. The molecular formula is C15H18N2O2. The normalized spacial score (nSPS) is 18.3. The Morgan fingerprint density at radius 3 is 2.95 bits per heavy atom. The first kappa shape index (κ1) is 12.2. The number of fused-ring (bicyclic) bond motifs is 1. The fourth-order valence-corrected chi connectivity index (χ4v) is 2.65. The molecule has 1 atom stereocenters. The molecule has 1 unspecified atom stereocenters. The van der Waals surface area contributed by atoms with Crippen LogP contribution in [0.1, 0.15) is 23.5 Å². The largest absolute Gasteiger partial charge is 0.508 e. The van der Waals surface area contributed by atoms with Gasteiger partial charge >= 0.3 is 0 Å². The van der Waals surface area contributed by atoms with Crippen LogP contribution >= 0.6 is 0 Å². The maximum Gasteiger partial charge on any atom is 0.119 e. The number of benzene rings is 1. The molecule has 0 fully saturated rings. The highest BCUT2D eigenvalue weighted by molar-refractivity contribution is 5.34. The van der Waals surface area contributed by atoms with Crippen molar-refractivity contribution in [3.8, 4) is 5.75 Å². The minimum atomic E-state index is 0.238. The Labute approximate surface area is 112 Å². The minimum absolute atomic E-state index is 0.238. The monoisotopic (exact) mass is 258 g/mol. The summed E-state index contributed by atoms with van der Waals surface area (Å²) in [6.07, 6.45) is 4.57. The maximum absolute atomic E-state index is 9.79. The van der Waals surface area contributed by atoms with Gasteiger partial charge in [-0.05, 0) is 24.0 Å². The second-order valence-electron chi connectivity index (χ2n) is 5.19. The minimum Gasteiger partial charge on any atom is -0.508 e. The lowest BCUT2D eigenvalue weighted by Gasteiger charge is -2.20. The van der Waals surface area contributed by atoms with Crippen LogP contribution < -0.4 is 0 Å². The number of para-hydroxylation sites is 1. The Morgan fingerprint density at radius 1 is 1.32 bits per heavy atom. The van der Waals surface area contributed by atoms with E-state index in [1.54, 1.807) is 6.07 Å². The number of aliphatic hydroxyl groups is 1. The van der Waals surface area contributed by atoms with Crippen molar-refractivity contribution in [3.05, 3.63) is 47.5 Å². The Balaban J connectivity index is 1.80. The van der Waals surface area contributed by atoms with E-state index in [1.165, 1.54) is 0 Å². The molecule has 0 bridgehead atoms. The van der Waals surface area contributed by atoms with E-state index in [4.69, 9.17) is 0 Å². The lowest BCUT2D eigenvalue weighted by Crippen LogP contribution is -2.21. The van der Waals surface area contributed by atoms with Gasteiger partial charge in [0, 0.05) is 32.2 Å². The Kier molecular flexibility index (Phi) is 3.25. The van der Waals surface area contributed by atoms with Crippen LogP contribution in [0, 0.1) is 5.92 Å². The smallest absolute Gasteiger partial charge is 0.119 e. The summed E-state index contributed by atoms with van der Waals surface area (Å²) in [5, 5.41) is 19.0. The number of aromatic hydroxyl groups is 1. The maximum atomic E-state index is 9.79. The Hall–Kier alpha value is -1.81. The number of phenols is 1. The van der Waals surface area contributed by atoms with Crippen LogP contribution in [0.3, 0.4) is 0 Å². The number of rotatable bonds is 3. The van der Waals surface area contributed by atoms with E-state index in [9.17, 15) is 10.2 Å². The van der Waals surface area contributed by atoms with Gasteiger partial charge in [0.1, 0.15) is 11.6 Å². The lowest BCUT2D eigenvalue weighted by atomic mass is 9.99. The van der Waals surface area contributed by atoms with E-state index in [2.05, 4.69) is 15.7 Å². The van der Waals surface area contributed by atoms with Crippen LogP contribution in [0.25, 0.3) is 0 Å². The Bertz CT molecular complexity index is 577. The third-order valence-corrected chi connectivity index (χ3v) is 3.78. The molecule has 4 heteroatoms. The first-order valence-electron chi connectivity index (χ1n) is 6.69. The molecule has 0 aliphatic carbocycles. The molecule has 0 saturated carbocycles. The van der Waals surface area contributed by atoms with Crippen LogP contribution in [0.5, 0.6) is 5.75 Å². The van der Waals surface area contributed by atoms with Crippen molar-refractivity contribution in [1.82, 2.24) is 9.55 Å². The van der Waals surface area contributed by atoms with E-state index in [0.717, 1.165) is 36.5 Å². The number of imidazole rings is 1. The van der Waals surface area contributed by atoms with Crippen molar-refractivity contribution in [3.63, 3.8) is 0 Å². The van der Waals surface area contributed by atoms with Gasteiger partial charge in [0.05, 0.1) is 5.69 Å².